The lowest BCUT2D eigenvalue weighted by Gasteiger charge is -2.47. The topological polar surface area (TPSA) is 109 Å². The van der Waals surface area contributed by atoms with E-state index in [1.807, 2.05) is 13.8 Å². The minimum absolute atomic E-state index is 0.0437. The fraction of sp³-hybridized carbons (Fsp3) is 1.00. The molecular weight excluding hydrogens is 444 g/mol. The molecule has 0 spiro atoms. The van der Waals surface area contributed by atoms with Gasteiger partial charge in [-0.2, -0.15) is 12.6 Å². The molecule has 8 heteroatoms. The van der Waals surface area contributed by atoms with Gasteiger partial charge in [-0.1, -0.05) is 48.0 Å². The van der Waals surface area contributed by atoms with Crippen LogP contribution in [0.25, 0.3) is 0 Å². The minimum Gasteiger partial charge on any atom is -0.393 e. The van der Waals surface area contributed by atoms with Crippen molar-refractivity contribution in [1.82, 2.24) is 0 Å². The maximum Gasteiger partial charge on any atom is 0.184 e. The molecular formula is C25H48O7S. The highest BCUT2D eigenvalue weighted by Crippen LogP contribution is 2.37. The summed E-state index contributed by atoms with van der Waals surface area (Å²) in [4.78, 5) is 0. The second-order valence-corrected chi connectivity index (χ2v) is 11.2. The van der Waals surface area contributed by atoms with Crippen LogP contribution in [0.15, 0.2) is 0 Å². The maximum atomic E-state index is 11.3. The Morgan fingerprint density at radius 3 is 2.12 bits per heavy atom. The SMILES string of the molecule is CCC(C)C(O)CC(C)C(C)OC1C(C)CC(C)C(OC2OC(CS)C(O)C(C)C2O)C1O. The first-order valence-electron chi connectivity index (χ1n) is 12.7. The van der Waals surface area contributed by atoms with E-state index in [2.05, 4.69) is 40.3 Å². The lowest BCUT2D eigenvalue weighted by atomic mass is 9.77. The first-order chi connectivity index (χ1) is 15.4. The number of thiol groups is 1. The predicted octanol–water partition coefficient (Wildman–Crippen LogP) is 2.63. The van der Waals surface area contributed by atoms with E-state index in [0.717, 1.165) is 12.8 Å². The Morgan fingerprint density at radius 2 is 1.55 bits per heavy atom. The van der Waals surface area contributed by atoms with Crippen molar-refractivity contribution in [3.05, 3.63) is 0 Å². The molecule has 1 saturated carbocycles. The van der Waals surface area contributed by atoms with E-state index in [1.54, 1.807) is 6.92 Å². The summed E-state index contributed by atoms with van der Waals surface area (Å²) < 4.78 is 18.3. The smallest absolute Gasteiger partial charge is 0.184 e. The lowest BCUT2D eigenvalue weighted by molar-refractivity contribution is -0.314. The molecule has 0 aromatic carbocycles. The van der Waals surface area contributed by atoms with Gasteiger partial charge in [-0.05, 0) is 43.4 Å². The third-order valence-electron chi connectivity index (χ3n) is 8.14. The molecule has 33 heavy (non-hydrogen) atoms. The molecule has 1 aliphatic heterocycles. The zero-order chi connectivity index (χ0) is 25.0. The van der Waals surface area contributed by atoms with Gasteiger partial charge in [0.05, 0.1) is 36.6 Å². The van der Waals surface area contributed by atoms with Gasteiger partial charge in [0.15, 0.2) is 6.29 Å². The van der Waals surface area contributed by atoms with Gasteiger partial charge in [-0.3, -0.25) is 0 Å². The largest absolute Gasteiger partial charge is 0.393 e. The van der Waals surface area contributed by atoms with Crippen LogP contribution in [0, 0.1) is 29.6 Å². The zero-order valence-corrected chi connectivity index (χ0v) is 22.3. The Bertz CT molecular complexity index is 579. The van der Waals surface area contributed by atoms with Crippen molar-refractivity contribution in [3.8, 4) is 0 Å². The molecule has 0 bridgehead atoms. The summed E-state index contributed by atoms with van der Waals surface area (Å²) in [5, 5.41) is 42.6. The zero-order valence-electron chi connectivity index (χ0n) is 21.4. The van der Waals surface area contributed by atoms with Crippen molar-refractivity contribution in [1.29, 1.82) is 0 Å². The van der Waals surface area contributed by atoms with Crippen LogP contribution in [-0.4, -0.2) is 81.3 Å². The first-order valence-corrected chi connectivity index (χ1v) is 13.3. The minimum atomic E-state index is -1.00. The molecule has 0 aromatic heterocycles. The van der Waals surface area contributed by atoms with Gasteiger partial charge in [0, 0.05) is 11.7 Å². The molecule has 14 unspecified atom stereocenters. The molecule has 2 fully saturated rings. The van der Waals surface area contributed by atoms with Gasteiger partial charge in [-0.15, -0.1) is 0 Å². The molecule has 0 aromatic rings. The Kier molecular flexibility index (Phi) is 11.4. The summed E-state index contributed by atoms with van der Waals surface area (Å²) in [6.07, 6.45) is -3.32. The van der Waals surface area contributed by atoms with Crippen molar-refractivity contribution >= 4 is 12.6 Å². The number of hydrogen-bond donors (Lipinski definition) is 5. The van der Waals surface area contributed by atoms with Gasteiger partial charge < -0.3 is 34.6 Å². The van der Waals surface area contributed by atoms with Gasteiger partial charge in [-0.25, -0.2) is 0 Å². The van der Waals surface area contributed by atoms with E-state index in [1.165, 1.54) is 0 Å². The average molecular weight is 493 g/mol. The molecule has 1 aliphatic carbocycles. The van der Waals surface area contributed by atoms with Gasteiger partial charge in [0.25, 0.3) is 0 Å². The summed E-state index contributed by atoms with van der Waals surface area (Å²) in [7, 11) is 0. The van der Waals surface area contributed by atoms with Crippen molar-refractivity contribution in [2.45, 2.75) is 123 Å². The number of ether oxygens (including phenoxy) is 3. The van der Waals surface area contributed by atoms with Crippen LogP contribution in [0.5, 0.6) is 0 Å². The highest BCUT2D eigenvalue weighted by Gasteiger charge is 2.48. The number of aliphatic hydroxyl groups excluding tert-OH is 4. The van der Waals surface area contributed by atoms with E-state index in [4.69, 9.17) is 14.2 Å². The molecule has 1 saturated heterocycles. The van der Waals surface area contributed by atoms with Gasteiger partial charge in [0.2, 0.25) is 0 Å². The maximum absolute atomic E-state index is 11.3. The highest BCUT2D eigenvalue weighted by atomic mass is 32.1. The molecule has 7 nitrogen and oxygen atoms in total. The molecule has 0 amide bonds. The van der Waals surface area contributed by atoms with Gasteiger partial charge >= 0.3 is 0 Å². The van der Waals surface area contributed by atoms with Crippen molar-refractivity contribution < 1.29 is 34.6 Å². The lowest BCUT2D eigenvalue weighted by Crippen LogP contribution is -2.59. The summed E-state index contributed by atoms with van der Waals surface area (Å²) in [5.41, 5.74) is 0. The second-order valence-electron chi connectivity index (χ2n) is 10.8. The van der Waals surface area contributed by atoms with Crippen LogP contribution in [-0.2, 0) is 14.2 Å². The molecule has 2 aliphatic rings. The van der Waals surface area contributed by atoms with E-state index < -0.39 is 48.8 Å². The second kappa shape index (κ2) is 12.9. The van der Waals surface area contributed by atoms with Crippen molar-refractivity contribution in [2.75, 3.05) is 5.75 Å². The fourth-order valence-corrected chi connectivity index (χ4v) is 5.45. The summed E-state index contributed by atoms with van der Waals surface area (Å²) in [6, 6.07) is 0. The standard InChI is InChI=1S/C25H48O7S/c1-8-12(2)18(26)10-13(3)17(7)30-23-14(4)9-15(5)24(22(23)29)32-25-21(28)16(6)20(27)19(11-33)31-25/h12-29,33H,8-11H2,1-7H3. The number of rotatable bonds is 10. The van der Waals surface area contributed by atoms with Crippen molar-refractivity contribution in [2.24, 2.45) is 29.6 Å². The van der Waals surface area contributed by atoms with Crippen LogP contribution in [0.3, 0.4) is 0 Å². The Hall–Kier alpha value is 0.0700. The Morgan fingerprint density at radius 1 is 0.939 bits per heavy atom. The molecule has 196 valence electrons. The summed E-state index contributed by atoms with van der Waals surface area (Å²) in [6.45, 7) is 14.1. The summed E-state index contributed by atoms with van der Waals surface area (Å²) >= 11 is 4.25. The molecule has 0 radical (unpaired) electrons. The van der Waals surface area contributed by atoms with Crippen LogP contribution in [0.2, 0.25) is 0 Å². The molecule has 2 rings (SSSR count). The molecule has 4 N–H and O–H groups in total. The Labute approximate surface area is 205 Å². The van der Waals surface area contributed by atoms with E-state index in [9.17, 15) is 20.4 Å². The predicted molar refractivity (Wildman–Crippen MR) is 131 cm³/mol. The van der Waals surface area contributed by atoms with E-state index in [0.29, 0.717) is 12.2 Å². The fourth-order valence-electron chi connectivity index (χ4n) is 5.14. The highest BCUT2D eigenvalue weighted by molar-refractivity contribution is 7.80. The van der Waals surface area contributed by atoms with Crippen LogP contribution >= 0.6 is 12.6 Å². The summed E-state index contributed by atoms with van der Waals surface area (Å²) in [5.74, 6) is 0.423. The third-order valence-corrected chi connectivity index (χ3v) is 8.50. The Balaban J connectivity index is 2.05. The average Bonchev–Trinajstić information content (AvgIpc) is 2.78. The van der Waals surface area contributed by atoms with Crippen molar-refractivity contribution in [3.63, 3.8) is 0 Å². The monoisotopic (exact) mass is 492 g/mol. The first kappa shape index (κ1) is 29.3. The van der Waals surface area contributed by atoms with E-state index in [-0.39, 0.29) is 35.9 Å². The quantitative estimate of drug-likeness (QED) is 0.298. The normalized spacial score (nSPS) is 43.6. The molecule has 14 atom stereocenters. The number of aliphatic hydroxyl groups is 4. The van der Waals surface area contributed by atoms with Gasteiger partial charge in [0.1, 0.15) is 12.2 Å². The van der Waals surface area contributed by atoms with Crippen LogP contribution in [0.4, 0.5) is 0 Å². The molecule has 1 heterocycles. The number of hydrogen-bond acceptors (Lipinski definition) is 8. The third kappa shape index (κ3) is 7.06. The van der Waals surface area contributed by atoms with E-state index >= 15 is 0 Å². The van der Waals surface area contributed by atoms with Crippen LogP contribution in [0.1, 0.15) is 67.7 Å². The van der Waals surface area contributed by atoms with Crippen LogP contribution < -0.4 is 0 Å².